The lowest BCUT2D eigenvalue weighted by atomic mass is 10.2. The maximum absolute atomic E-state index is 12.0. The van der Waals surface area contributed by atoms with E-state index in [-0.39, 0.29) is 5.91 Å². The van der Waals surface area contributed by atoms with Gasteiger partial charge >= 0.3 is 0 Å². The number of carbonyl (C=O) groups excluding carboxylic acids is 1. The highest BCUT2D eigenvalue weighted by molar-refractivity contribution is 8.00. The van der Waals surface area contributed by atoms with Crippen molar-refractivity contribution in [1.29, 1.82) is 0 Å². The van der Waals surface area contributed by atoms with Gasteiger partial charge in [-0.05, 0) is 36.8 Å². The third-order valence-electron chi connectivity index (χ3n) is 2.91. The number of ether oxygens (including phenoxy) is 1. The Morgan fingerprint density at radius 2 is 2.05 bits per heavy atom. The van der Waals surface area contributed by atoms with E-state index in [1.807, 2.05) is 49.4 Å². The van der Waals surface area contributed by atoms with Crippen molar-refractivity contribution >= 4 is 29.0 Å². The van der Waals surface area contributed by atoms with E-state index < -0.39 is 0 Å². The maximum atomic E-state index is 12.0. The number of anilines is 2. The minimum Gasteiger partial charge on any atom is -0.496 e. The first kappa shape index (κ1) is 15.3. The molecule has 1 amide bonds. The second-order valence-corrected chi connectivity index (χ2v) is 5.60. The lowest BCUT2D eigenvalue weighted by Crippen LogP contribution is -2.15. The zero-order valence-electron chi connectivity index (χ0n) is 12.1. The lowest BCUT2D eigenvalue weighted by Gasteiger charge is -2.10. The molecule has 2 rings (SSSR count). The molecule has 0 aromatic heterocycles. The number of benzene rings is 2. The number of aryl methyl sites for hydroxylation is 1. The van der Waals surface area contributed by atoms with Gasteiger partial charge in [0.15, 0.2) is 0 Å². The monoisotopic (exact) mass is 302 g/mol. The molecule has 0 radical (unpaired) electrons. The summed E-state index contributed by atoms with van der Waals surface area (Å²) in [5.41, 5.74) is 8.16. The van der Waals surface area contributed by atoms with Crippen LogP contribution in [0.15, 0.2) is 47.4 Å². The van der Waals surface area contributed by atoms with Crippen molar-refractivity contribution < 1.29 is 9.53 Å². The number of hydrogen-bond acceptors (Lipinski definition) is 4. The molecule has 0 unspecified atom stereocenters. The molecule has 0 heterocycles. The number of para-hydroxylation sites is 1. The maximum Gasteiger partial charge on any atom is 0.234 e. The van der Waals surface area contributed by atoms with Crippen LogP contribution in [0.5, 0.6) is 5.75 Å². The summed E-state index contributed by atoms with van der Waals surface area (Å²) in [7, 11) is 1.62. The largest absolute Gasteiger partial charge is 0.496 e. The Morgan fingerprint density at radius 1 is 1.29 bits per heavy atom. The summed E-state index contributed by atoms with van der Waals surface area (Å²) in [6.07, 6.45) is 0. The molecule has 5 heteroatoms. The van der Waals surface area contributed by atoms with Crippen LogP contribution >= 0.6 is 11.8 Å². The Balaban J connectivity index is 1.96. The zero-order chi connectivity index (χ0) is 15.2. The molecular weight excluding hydrogens is 284 g/mol. The summed E-state index contributed by atoms with van der Waals surface area (Å²) in [6.45, 7) is 1.96. The fourth-order valence-electron chi connectivity index (χ4n) is 1.86. The average Bonchev–Trinajstić information content (AvgIpc) is 2.48. The van der Waals surface area contributed by atoms with Crippen molar-refractivity contribution in [2.24, 2.45) is 0 Å². The first-order valence-corrected chi connectivity index (χ1v) is 7.50. The summed E-state index contributed by atoms with van der Waals surface area (Å²) in [4.78, 5) is 12.9. The first-order valence-electron chi connectivity index (χ1n) is 6.52. The number of nitrogens with two attached hydrogens (primary N) is 1. The molecule has 0 fully saturated rings. The topological polar surface area (TPSA) is 64.3 Å². The van der Waals surface area contributed by atoms with Crippen molar-refractivity contribution in [2.45, 2.75) is 11.8 Å². The molecule has 0 bridgehead atoms. The van der Waals surface area contributed by atoms with Crippen LogP contribution in [0.2, 0.25) is 0 Å². The van der Waals surface area contributed by atoms with Crippen LogP contribution in [0.3, 0.4) is 0 Å². The fraction of sp³-hybridized carbons (Fsp3) is 0.188. The Labute approximate surface area is 128 Å². The number of amides is 1. The Hall–Kier alpha value is -2.14. The summed E-state index contributed by atoms with van der Waals surface area (Å²) in [5.74, 6) is 0.972. The summed E-state index contributed by atoms with van der Waals surface area (Å²) in [5, 5.41) is 2.82. The van der Waals surface area contributed by atoms with Gasteiger partial charge in [-0.3, -0.25) is 4.79 Å². The molecular formula is C16H18N2O2S. The van der Waals surface area contributed by atoms with Crippen molar-refractivity contribution in [3.8, 4) is 5.75 Å². The van der Waals surface area contributed by atoms with Gasteiger partial charge in [0.25, 0.3) is 0 Å². The highest BCUT2D eigenvalue weighted by Crippen LogP contribution is 2.29. The van der Waals surface area contributed by atoms with E-state index in [9.17, 15) is 4.79 Å². The van der Waals surface area contributed by atoms with Crippen LogP contribution < -0.4 is 15.8 Å². The summed E-state index contributed by atoms with van der Waals surface area (Å²) < 4.78 is 5.26. The lowest BCUT2D eigenvalue weighted by molar-refractivity contribution is -0.113. The molecule has 21 heavy (non-hydrogen) atoms. The average molecular weight is 302 g/mol. The molecule has 0 aliphatic heterocycles. The molecule has 0 spiro atoms. The molecule has 0 aliphatic rings. The van der Waals surface area contributed by atoms with Gasteiger partial charge in [0.2, 0.25) is 5.91 Å². The highest BCUT2D eigenvalue weighted by atomic mass is 32.2. The predicted molar refractivity (Wildman–Crippen MR) is 87.9 cm³/mol. The fourth-order valence-corrected chi connectivity index (χ4v) is 2.69. The first-order chi connectivity index (χ1) is 10.1. The number of carbonyl (C=O) groups is 1. The molecule has 2 aromatic rings. The van der Waals surface area contributed by atoms with Crippen molar-refractivity contribution in [3.05, 3.63) is 48.0 Å². The molecule has 2 aromatic carbocycles. The molecule has 0 saturated heterocycles. The third-order valence-corrected chi connectivity index (χ3v) is 3.96. The SMILES string of the molecule is COc1ccccc1SCC(=O)Nc1ccc(C)cc1N. The van der Waals surface area contributed by atoms with Crippen LogP contribution in [-0.2, 0) is 4.79 Å². The van der Waals surface area contributed by atoms with Crippen molar-refractivity contribution in [1.82, 2.24) is 0 Å². The molecule has 0 aliphatic carbocycles. The van der Waals surface area contributed by atoms with Crippen LogP contribution in [-0.4, -0.2) is 18.8 Å². The third kappa shape index (κ3) is 4.16. The van der Waals surface area contributed by atoms with Gasteiger partial charge in [-0.2, -0.15) is 0 Å². The van der Waals surface area contributed by atoms with E-state index in [0.717, 1.165) is 16.2 Å². The Bertz CT molecular complexity index is 644. The van der Waals surface area contributed by atoms with Crippen LogP contribution in [0.25, 0.3) is 0 Å². The Morgan fingerprint density at radius 3 is 2.76 bits per heavy atom. The molecule has 0 atom stereocenters. The minimum absolute atomic E-state index is 0.0959. The van der Waals surface area contributed by atoms with E-state index >= 15 is 0 Å². The summed E-state index contributed by atoms with van der Waals surface area (Å²) in [6, 6.07) is 13.2. The van der Waals surface area contributed by atoms with Gasteiger partial charge in [0.1, 0.15) is 5.75 Å². The smallest absolute Gasteiger partial charge is 0.234 e. The molecule has 3 N–H and O–H groups in total. The molecule has 0 saturated carbocycles. The minimum atomic E-state index is -0.0959. The number of hydrogen-bond donors (Lipinski definition) is 2. The van der Waals surface area contributed by atoms with E-state index in [0.29, 0.717) is 17.1 Å². The molecule has 110 valence electrons. The van der Waals surface area contributed by atoms with Gasteiger partial charge < -0.3 is 15.8 Å². The van der Waals surface area contributed by atoms with E-state index in [4.69, 9.17) is 10.5 Å². The van der Waals surface area contributed by atoms with Gasteiger partial charge in [0.05, 0.1) is 24.2 Å². The van der Waals surface area contributed by atoms with Gasteiger partial charge in [-0.25, -0.2) is 0 Å². The number of methoxy groups -OCH3 is 1. The number of thioether (sulfide) groups is 1. The van der Waals surface area contributed by atoms with E-state index in [1.165, 1.54) is 11.8 Å². The van der Waals surface area contributed by atoms with Crippen molar-refractivity contribution in [2.75, 3.05) is 23.9 Å². The standard InChI is InChI=1S/C16H18N2O2S/c1-11-7-8-13(12(17)9-11)18-16(19)10-21-15-6-4-3-5-14(15)20-2/h3-9H,10,17H2,1-2H3,(H,18,19). The van der Waals surface area contributed by atoms with Crippen molar-refractivity contribution in [3.63, 3.8) is 0 Å². The molecule has 4 nitrogen and oxygen atoms in total. The number of rotatable bonds is 5. The van der Waals surface area contributed by atoms with Gasteiger partial charge in [0, 0.05) is 4.90 Å². The highest BCUT2D eigenvalue weighted by Gasteiger charge is 2.08. The second kappa shape index (κ2) is 7.04. The van der Waals surface area contributed by atoms with Gasteiger partial charge in [-0.1, -0.05) is 18.2 Å². The van der Waals surface area contributed by atoms with Crippen LogP contribution in [0, 0.1) is 6.92 Å². The normalized spacial score (nSPS) is 10.2. The second-order valence-electron chi connectivity index (χ2n) is 4.58. The van der Waals surface area contributed by atoms with Crippen LogP contribution in [0.1, 0.15) is 5.56 Å². The van der Waals surface area contributed by atoms with Crippen LogP contribution in [0.4, 0.5) is 11.4 Å². The van der Waals surface area contributed by atoms with Gasteiger partial charge in [-0.15, -0.1) is 11.8 Å². The van der Waals surface area contributed by atoms with E-state index in [1.54, 1.807) is 7.11 Å². The van der Waals surface area contributed by atoms with E-state index in [2.05, 4.69) is 5.32 Å². The summed E-state index contributed by atoms with van der Waals surface area (Å²) >= 11 is 1.43. The quantitative estimate of drug-likeness (QED) is 0.657. The zero-order valence-corrected chi connectivity index (χ0v) is 12.9. The Kier molecular flexibility index (Phi) is 5.11. The number of nitrogen functional groups attached to an aromatic ring is 1. The predicted octanol–water partition coefficient (Wildman–Crippen LogP) is 3.32. The number of nitrogens with one attached hydrogen (secondary N) is 1.